The van der Waals surface area contributed by atoms with Crippen LogP contribution in [0.2, 0.25) is 0 Å². The molecular weight excluding hydrogens is 452 g/mol. The minimum atomic E-state index is -2.36. The first kappa shape index (κ1) is 33.7. The van der Waals surface area contributed by atoms with Crippen LogP contribution in [0.4, 0.5) is 0 Å². The molecule has 0 radical (unpaired) electrons. The molecule has 35 heavy (non-hydrogen) atoms. The van der Waals surface area contributed by atoms with E-state index in [0.29, 0.717) is 5.92 Å². The lowest BCUT2D eigenvalue weighted by Gasteiger charge is -2.27. The lowest BCUT2D eigenvalue weighted by molar-refractivity contribution is -0.169. The predicted molar refractivity (Wildman–Crippen MR) is 136 cm³/mol. The average molecular weight is 503 g/mol. The summed E-state index contributed by atoms with van der Waals surface area (Å²) in [6.45, 7) is 11.0. The van der Waals surface area contributed by atoms with Crippen LogP contribution in [0.15, 0.2) is 11.6 Å². The number of carboxylic acid groups (broad SMARTS) is 1. The van der Waals surface area contributed by atoms with Gasteiger partial charge in [0, 0.05) is 6.42 Å². The fraction of sp³-hybridized carbons (Fsp3) is 0.852. The highest BCUT2D eigenvalue weighted by atomic mass is 16.4. The fourth-order valence-electron chi connectivity index (χ4n) is 4.12. The molecule has 0 bridgehead atoms. The van der Waals surface area contributed by atoms with Gasteiger partial charge in [-0.1, -0.05) is 84.3 Å². The third kappa shape index (κ3) is 14.7. The Morgan fingerprint density at radius 2 is 1.14 bits per heavy atom. The standard InChI is InChI=1S/C27H50O8/c1-17(2)9-6-10-18(3)11-7-12-19(4)13-8-14-20(5)15-16-21(28)22(29)23(30)24(31)25(32)26(33)27(34)35/h15,17-19,22-26,29-33H,6-14,16H2,1-5H3,(H,34,35)/t18?,19?,22?,23-,24-,25+,26+/m1/s1. The summed E-state index contributed by atoms with van der Waals surface area (Å²) < 4.78 is 0. The van der Waals surface area contributed by atoms with Crippen LogP contribution in [0.25, 0.3) is 0 Å². The maximum atomic E-state index is 12.1. The van der Waals surface area contributed by atoms with Gasteiger partial charge in [-0.25, -0.2) is 4.79 Å². The van der Waals surface area contributed by atoms with Gasteiger partial charge in [-0.2, -0.15) is 0 Å². The maximum Gasteiger partial charge on any atom is 0.335 e. The third-order valence-corrected chi connectivity index (χ3v) is 6.72. The van der Waals surface area contributed by atoms with Crippen LogP contribution >= 0.6 is 0 Å². The molecule has 0 aliphatic rings. The summed E-state index contributed by atoms with van der Waals surface area (Å²) in [5.74, 6) is -0.378. The van der Waals surface area contributed by atoms with E-state index in [9.17, 15) is 35.1 Å². The SMILES string of the molecule is CC(=CCC(=O)C(O)[C@@H](O)[C@@H](O)[C@H](O)[C@H](O)C(=O)O)CCCC(C)CCCC(C)CCCC(C)C. The number of aliphatic hydroxyl groups is 5. The summed E-state index contributed by atoms with van der Waals surface area (Å²) >= 11 is 0. The molecule has 8 heteroatoms. The van der Waals surface area contributed by atoms with Crippen molar-refractivity contribution in [3.63, 3.8) is 0 Å². The number of carbonyl (C=O) groups is 2. The molecule has 7 atom stereocenters. The minimum absolute atomic E-state index is 0.168. The van der Waals surface area contributed by atoms with Gasteiger partial charge < -0.3 is 30.6 Å². The molecule has 3 unspecified atom stereocenters. The van der Waals surface area contributed by atoms with E-state index >= 15 is 0 Å². The summed E-state index contributed by atoms with van der Waals surface area (Å²) in [7, 11) is 0. The van der Waals surface area contributed by atoms with Crippen molar-refractivity contribution in [2.45, 2.75) is 129 Å². The van der Waals surface area contributed by atoms with Crippen molar-refractivity contribution in [1.82, 2.24) is 0 Å². The van der Waals surface area contributed by atoms with Crippen molar-refractivity contribution in [2.24, 2.45) is 17.8 Å². The Labute approximate surface area is 211 Å². The normalized spacial score (nSPS) is 18.5. The molecule has 0 saturated carbocycles. The van der Waals surface area contributed by atoms with Gasteiger partial charge in [0.25, 0.3) is 0 Å². The number of Topliss-reactive ketones (excluding diaryl/α,β-unsaturated/α-hetero) is 1. The van der Waals surface area contributed by atoms with Gasteiger partial charge in [0.1, 0.15) is 24.4 Å². The van der Waals surface area contributed by atoms with Crippen LogP contribution < -0.4 is 0 Å². The van der Waals surface area contributed by atoms with E-state index in [0.717, 1.165) is 36.7 Å². The lowest BCUT2D eigenvalue weighted by atomic mass is 9.91. The second-order valence-electron chi connectivity index (χ2n) is 10.8. The maximum absolute atomic E-state index is 12.1. The highest BCUT2D eigenvalue weighted by Crippen LogP contribution is 2.22. The van der Waals surface area contributed by atoms with Gasteiger partial charge in [-0.3, -0.25) is 4.79 Å². The molecule has 0 spiro atoms. The number of aliphatic carboxylic acids is 1. The molecule has 0 rings (SSSR count). The summed E-state index contributed by atoms with van der Waals surface area (Å²) in [4.78, 5) is 22.8. The summed E-state index contributed by atoms with van der Waals surface area (Å²) in [5, 5.41) is 57.1. The zero-order valence-corrected chi connectivity index (χ0v) is 22.3. The molecule has 6 N–H and O–H groups in total. The van der Waals surface area contributed by atoms with E-state index < -0.39 is 42.3 Å². The van der Waals surface area contributed by atoms with Crippen molar-refractivity contribution in [1.29, 1.82) is 0 Å². The minimum Gasteiger partial charge on any atom is -0.479 e. The number of carboxylic acids is 1. The first-order valence-corrected chi connectivity index (χ1v) is 13.1. The van der Waals surface area contributed by atoms with Gasteiger partial charge in [0.05, 0.1) is 0 Å². The lowest BCUT2D eigenvalue weighted by Crippen LogP contribution is -2.52. The van der Waals surface area contributed by atoms with E-state index in [-0.39, 0.29) is 6.42 Å². The van der Waals surface area contributed by atoms with Crippen LogP contribution in [0.3, 0.4) is 0 Å². The molecule has 0 aromatic heterocycles. The van der Waals surface area contributed by atoms with E-state index in [4.69, 9.17) is 5.11 Å². The van der Waals surface area contributed by atoms with Crippen molar-refractivity contribution >= 4 is 11.8 Å². The predicted octanol–water partition coefficient (Wildman–Crippen LogP) is 3.22. The molecule has 0 aromatic carbocycles. The average Bonchev–Trinajstić information content (AvgIpc) is 2.79. The van der Waals surface area contributed by atoms with Crippen molar-refractivity contribution in [2.75, 3.05) is 0 Å². The van der Waals surface area contributed by atoms with Crippen molar-refractivity contribution in [3.05, 3.63) is 11.6 Å². The van der Waals surface area contributed by atoms with Crippen molar-refractivity contribution < 1.29 is 40.2 Å². The molecule has 0 amide bonds. The fourth-order valence-corrected chi connectivity index (χ4v) is 4.12. The molecule has 206 valence electrons. The zero-order chi connectivity index (χ0) is 27.1. The highest BCUT2D eigenvalue weighted by Gasteiger charge is 2.39. The topological polar surface area (TPSA) is 156 Å². The zero-order valence-electron chi connectivity index (χ0n) is 22.3. The first-order valence-electron chi connectivity index (χ1n) is 13.1. The second kappa shape index (κ2) is 18.0. The van der Waals surface area contributed by atoms with Crippen LogP contribution in [-0.4, -0.2) is 72.9 Å². The monoisotopic (exact) mass is 502 g/mol. The second-order valence-corrected chi connectivity index (χ2v) is 10.8. The Morgan fingerprint density at radius 1 is 0.686 bits per heavy atom. The number of aliphatic hydroxyl groups excluding tert-OH is 5. The number of carbonyl (C=O) groups excluding carboxylic acids is 1. The van der Waals surface area contributed by atoms with E-state index in [1.165, 1.54) is 38.5 Å². The Kier molecular flexibility index (Phi) is 17.3. The molecule has 0 aromatic rings. The summed E-state index contributed by atoms with van der Waals surface area (Å²) in [6, 6.07) is 0. The number of hydrogen-bond donors (Lipinski definition) is 6. The van der Waals surface area contributed by atoms with E-state index in [1.54, 1.807) is 6.08 Å². The summed E-state index contributed by atoms with van der Waals surface area (Å²) in [6.07, 6.45) is 1.11. The molecular formula is C27H50O8. The highest BCUT2D eigenvalue weighted by molar-refractivity contribution is 5.84. The number of ketones is 1. The van der Waals surface area contributed by atoms with Gasteiger partial charge in [-0.15, -0.1) is 0 Å². The molecule has 0 saturated heterocycles. The van der Waals surface area contributed by atoms with Crippen molar-refractivity contribution in [3.8, 4) is 0 Å². The Bertz CT molecular complexity index is 633. The first-order chi connectivity index (χ1) is 16.3. The van der Waals surface area contributed by atoms with Crippen LogP contribution in [0.5, 0.6) is 0 Å². The van der Waals surface area contributed by atoms with Crippen LogP contribution in [0.1, 0.15) is 98.8 Å². The smallest absolute Gasteiger partial charge is 0.335 e. The van der Waals surface area contributed by atoms with E-state index in [2.05, 4.69) is 27.7 Å². The van der Waals surface area contributed by atoms with Gasteiger partial charge >= 0.3 is 5.97 Å². The van der Waals surface area contributed by atoms with E-state index in [1.807, 2.05) is 6.92 Å². The number of hydrogen-bond acceptors (Lipinski definition) is 7. The summed E-state index contributed by atoms with van der Waals surface area (Å²) in [5.41, 5.74) is 0.980. The number of rotatable bonds is 20. The number of allylic oxidation sites excluding steroid dienone is 2. The van der Waals surface area contributed by atoms with Gasteiger partial charge in [-0.05, 0) is 37.5 Å². The molecule has 0 fully saturated rings. The van der Waals surface area contributed by atoms with Crippen LogP contribution in [-0.2, 0) is 9.59 Å². The Balaban J connectivity index is 4.26. The Hall–Kier alpha value is -1.32. The quantitative estimate of drug-likeness (QED) is 0.139. The van der Waals surface area contributed by atoms with Gasteiger partial charge in [0.2, 0.25) is 0 Å². The Morgan fingerprint density at radius 3 is 1.63 bits per heavy atom. The third-order valence-electron chi connectivity index (χ3n) is 6.72. The molecule has 0 heterocycles. The van der Waals surface area contributed by atoms with Crippen LogP contribution in [0, 0.1) is 17.8 Å². The molecule has 0 aliphatic carbocycles. The molecule has 0 aliphatic heterocycles. The molecule has 8 nitrogen and oxygen atoms in total. The van der Waals surface area contributed by atoms with Gasteiger partial charge in [0.15, 0.2) is 11.9 Å². The largest absolute Gasteiger partial charge is 0.479 e.